The van der Waals surface area contributed by atoms with Gasteiger partial charge in [-0.3, -0.25) is 0 Å². The van der Waals surface area contributed by atoms with Crippen molar-refractivity contribution in [2.75, 3.05) is 0 Å². The fourth-order valence-corrected chi connectivity index (χ4v) is 46.4. The van der Waals surface area contributed by atoms with Crippen LogP contribution in [0.5, 0.6) is 0 Å². The zero-order chi connectivity index (χ0) is 25.5. The summed E-state index contributed by atoms with van der Waals surface area (Å²) >= 11 is 0. The Balaban J connectivity index is 0.831. The molecule has 0 aliphatic heterocycles. The van der Waals surface area contributed by atoms with Crippen LogP contribution in [-0.2, 0) is 0 Å². The minimum Gasteiger partial charge on any atom is -0.0503 e. The zero-order valence-corrected chi connectivity index (χ0v) is 25.5. The molecule has 0 N–H and O–H groups in total. The van der Waals surface area contributed by atoms with Gasteiger partial charge < -0.3 is 0 Å². The lowest BCUT2D eigenvalue weighted by Gasteiger charge is -3.56. The Kier molecular flexibility index (Phi) is 0.884. The minimum atomic E-state index is 0.904. The van der Waals surface area contributed by atoms with E-state index in [1.54, 1.807) is 25.7 Å². The third-order valence-electron chi connectivity index (χ3n) is 37.4. The summed E-state index contributed by atoms with van der Waals surface area (Å²) in [6, 6.07) is 0. The van der Waals surface area contributed by atoms with Crippen LogP contribution >= 0.6 is 0 Å². The van der Waals surface area contributed by atoms with Crippen molar-refractivity contribution in [3.05, 3.63) is 0 Å². The molecule has 0 heterocycles. The van der Waals surface area contributed by atoms with Crippen LogP contribution in [0.1, 0.15) is 25.7 Å². The van der Waals surface area contributed by atoms with Gasteiger partial charge in [0.1, 0.15) is 7.85 Å². The summed E-state index contributed by atoms with van der Waals surface area (Å²) in [7, 11) is 2.98. The molecule has 0 amide bonds. The van der Waals surface area contributed by atoms with E-state index in [-0.39, 0.29) is 0 Å². The van der Waals surface area contributed by atoms with E-state index in [0.717, 1.165) is 103 Å². The summed E-state index contributed by atoms with van der Waals surface area (Å²) in [5.41, 5.74) is 19.8. The van der Waals surface area contributed by atoms with Gasteiger partial charge in [0, 0.05) is 0 Å². The second-order valence-corrected chi connectivity index (χ2v) is 28.6. The molecule has 0 saturated heterocycles. The van der Waals surface area contributed by atoms with E-state index >= 15 is 0 Å². The summed E-state index contributed by atoms with van der Waals surface area (Å²) < 4.78 is 0. The van der Waals surface area contributed by atoms with Crippen molar-refractivity contribution in [2.45, 2.75) is 31.0 Å². The zero-order valence-electron chi connectivity index (χ0n) is 25.5. The van der Waals surface area contributed by atoms with Crippen LogP contribution < -0.4 is 0 Å². The van der Waals surface area contributed by atoms with Gasteiger partial charge >= 0.3 is 0 Å². The molecule has 30 aliphatic carbocycles. The van der Waals surface area contributed by atoms with Crippen LogP contribution in [0.25, 0.3) is 0 Å². The quantitative estimate of drug-likeness (QED) is 0.392. The van der Waals surface area contributed by atoms with Crippen molar-refractivity contribution in [1.29, 1.82) is 0 Å². The molecule has 30 saturated carbocycles. The Hall–Kier alpha value is 0.0649. The van der Waals surface area contributed by atoms with Crippen molar-refractivity contribution in [3.8, 4) is 0 Å². The van der Waals surface area contributed by atoms with E-state index in [1.807, 2.05) is 0 Å². The highest BCUT2D eigenvalue weighted by Crippen LogP contribution is 3.59. The fraction of sp³-hybridized carbons (Fsp3) is 1.00. The predicted molar refractivity (Wildman–Crippen MR) is 147 cm³/mol. The van der Waals surface area contributed by atoms with Gasteiger partial charge in [0.2, 0.25) is 0 Å². The van der Waals surface area contributed by atoms with Crippen molar-refractivity contribution >= 4 is 7.85 Å². The van der Waals surface area contributed by atoms with Gasteiger partial charge in [0.15, 0.2) is 0 Å². The van der Waals surface area contributed by atoms with E-state index in [9.17, 15) is 0 Å². The van der Waals surface area contributed by atoms with Gasteiger partial charge in [-0.25, -0.2) is 0 Å². The molecule has 0 aromatic heterocycles. The smallest absolute Gasteiger partial charge is 0.0503 e. The fourth-order valence-electron chi connectivity index (χ4n) is 46.4. The second kappa shape index (κ2) is 2.49. The summed E-state index contributed by atoms with van der Waals surface area (Å²) in [6.07, 6.45) is 7.16. The molecule has 45 heavy (non-hydrogen) atoms. The molecule has 0 radical (unpaired) electrons. The highest BCUT2D eigenvalue weighted by molar-refractivity contribution is 6.21. The molecule has 30 aliphatic rings. The lowest BCUT2D eigenvalue weighted by atomic mass is 8.46. The number of rotatable bonds is 0. The second-order valence-electron chi connectivity index (χ2n) is 28.6. The van der Waals surface area contributed by atoms with E-state index in [2.05, 4.69) is 7.85 Å². The predicted octanol–water partition coefficient (Wildman–Crippen LogP) is 3.44. The van der Waals surface area contributed by atoms with E-state index < -0.39 is 0 Å². The molecule has 1 heteroatoms. The Morgan fingerprint density at radius 2 is 0.622 bits per heavy atom. The first-order valence-corrected chi connectivity index (χ1v) is 22.2. The van der Waals surface area contributed by atoms with E-state index in [1.165, 1.54) is 124 Å². The summed E-state index contributed by atoms with van der Waals surface area (Å²) in [5, 5.41) is 0.904. The first kappa shape index (κ1) is 16.0. The molecule has 210 valence electrons. The molecular weight excluding hydrogens is 539 g/mol. The lowest BCUT2D eigenvalue weighted by molar-refractivity contribution is -1.11. The van der Waals surface area contributed by atoms with Crippen molar-refractivity contribution < 1.29 is 0 Å². The van der Waals surface area contributed by atoms with E-state index in [0.29, 0.717) is 0 Å². The first-order chi connectivity index (χ1) is 22.2. The Morgan fingerprint density at radius 1 is 0.289 bits per heavy atom. The van der Waals surface area contributed by atoms with Gasteiger partial charge in [-0.05, 0) is 246 Å². The molecule has 0 aromatic rings. The third kappa shape index (κ3) is 0.383. The van der Waals surface area contributed by atoms with Crippen molar-refractivity contribution in [2.24, 2.45) is 222 Å². The van der Waals surface area contributed by atoms with Gasteiger partial charge in [-0.1, -0.05) is 6.42 Å². The first-order valence-electron chi connectivity index (χ1n) is 22.2. The molecule has 0 nitrogen and oxygen atoms in total. The number of hydrogen-bond donors (Lipinski definition) is 0. The molecule has 0 aromatic carbocycles. The van der Waals surface area contributed by atoms with Crippen LogP contribution in [0.2, 0.25) is 5.31 Å². The van der Waals surface area contributed by atoms with E-state index in [4.69, 9.17) is 0 Å². The highest BCUT2D eigenvalue weighted by Gasteiger charge is 3.57. The van der Waals surface area contributed by atoms with Crippen molar-refractivity contribution in [1.82, 2.24) is 0 Å². The van der Waals surface area contributed by atoms with Gasteiger partial charge in [0.25, 0.3) is 0 Å². The molecule has 40 unspecified atom stereocenters. The molecule has 30 rings (SSSR count). The SMILES string of the molecule is BC12CC3C4C5C6C7C8C9C%10C%11CC%12C%13CC%14C%15C%16C%17C%18C%19C%20C%21C%22CC1C%221C32C42C%211C%201C52C62C%191C%181C%173C%164C%155C%13%14C%12%11C%105C94C83C721. The topological polar surface area (TPSA) is 0 Å². The normalized spacial score (nSPS) is 134. The summed E-state index contributed by atoms with van der Waals surface area (Å²) in [6.45, 7) is 0. The highest BCUT2D eigenvalue weighted by atomic mass is 15.6. The Bertz CT molecular complexity index is 2720. The maximum Gasteiger partial charge on any atom is 0.110 e. The average Bonchev–Trinajstić information content (AvgIpc) is 2.89. The van der Waals surface area contributed by atoms with Crippen LogP contribution in [0.4, 0.5) is 0 Å². The standard InChI is InChI=1S/C44H31B/c45-26-4-10-15-19-23-25-21-17-13-8-2-6-5-1-7-12-16-20-24-22-18-14-9-3-11(26)29(9)30(10,26)34(15)33(14,29)37(18)38(19,34)42(23)41(22,37)43(24)39(20)35(16)31(12)27(5,7)28(6,8)32(13,31)36(17,35)40(21,39)44(25,42)43/h5-25H,1-4,45H2. The summed E-state index contributed by atoms with van der Waals surface area (Å²) in [5.74, 6) is 28.9. The van der Waals surface area contributed by atoms with Crippen LogP contribution in [0.3, 0.4) is 0 Å². The maximum atomic E-state index is 2.98. The van der Waals surface area contributed by atoms with Crippen LogP contribution in [0.15, 0.2) is 0 Å². The molecule has 0 bridgehead atoms. The Morgan fingerprint density at radius 3 is 1.09 bits per heavy atom. The van der Waals surface area contributed by atoms with Crippen molar-refractivity contribution in [3.63, 3.8) is 0 Å². The average molecular weight is 571 g/mol. The molecule has 30 fully saturated rings. The van der Waals surface area contributed by atoms with Gasteiger partial charge in [-0.15, -0.1) is 0 Å². The third-order valence-corrected chi connectivity index (χ3v) is 37.4. The monoisotopic (exact) mass is 570 g/mol. The number of hydrogen-bond acceptors (Lipinski definition) is 0. The van der Waals surface area contributed by atoms with Crippen LogP contribution in [-0.4, -0.2) is 7.85 Å². The Labute approximate surface area is 259 Å². The maximum absolute atomic E-state index is 2.98. The number of fused-ring (bicyclic) bond motifs is 18. The molecule has 18 spiro atoms. The lowest BCUT2D eigenvalue weighted by Crippen LogP contribution is -3.55. The minimum absolute atomic E-state index is 0.904. The van der Waals surface area contributed by atoms with Gasteiger partial charge in [0.05, 0.1) is 0 Å². The molecular formula is C44H31B. The van der Waals surface area contributed by atoms with Gasteiger partial charge in [-0.2, -0.15) is 0 Å². The van der Waals surface area contributed by atoms with Crippen LogP contribution in [0, 0.1) is 222 Å². The summed E-state index contributed by atoms with van der Waals surface area (Å²) in [4.78, 5) is 0. The largest absolute Gasteiger partial charge is 0.110 e. The molecule has 40 atom stereocenters.